The quantitative estimate of drug-likeness (QED) is 0.735. The number of hydrogen-bond donors (Lipinski definition) is 2. The van der Waals surface area contributed by atoms with Crippen LogP contribution >= 0.6 is 0 Å². The lowest BCUT2D eigenvalue weighted by atomic mass is 10.1. The summed E-state index contributed by atoms with van der Waals surface area (Å²) < 4.78 is 0. The first-order valence-electron chi connectivity index (χ1n) is 5.77. The van der Waals surface area contributed by atoms with Crippen LogP contribution in [-0.4, -0.2) is 20.2 Å². The molecular weight excluding hydrogens is 226 g/mol. The lowest BCUT2D eigenvalue weighted by molar-refractivity contribution is 0.947. The fraction of sp³-hybridized carbons (Fsp3) is 0.154. The monoisotopic (exact) mass is 239 g/mol. The Morgan fingerprint density at radius 3 is 3.00 bits per heavy atom. The molecule has 0 bridgehead atoms. The average Bonchev–Trinajstić information content (AvgIpc) is 2.89. The van der Waals surface area contributed by atoms with Gasteiger partial charge < -0.3 is 5.32 Å². The molecule has 0 aliphatic heterocycles. The molecule has 0 atom stereocenters. The van der Waals surface area contributed by atoms with E-state index in [-0.39, 0.29) is 0 Å². The third-order valence-electron chi connectivity index (χ3n) is 2.80. The van der Waals surface area contributed by atoms with E-state index >= 15 is 0 Å². The van der Waals surface area contributed by atoms with Crippen LogP contribution in [0.4, 0.5) is 5.82 Å². The van der Waals surface area contributed by atoms with E-state index in [1.807, 2.05) is 25.1 Å². The number of para-hydroxylation sites is 1. The first-order valence-corrected chi connectivity index (χ1v) is 5.77. The topological polar surface area (TPSA) is 66.5 Å². The highest BCUT2D eigenvalue weighted by molar-refractivity contribution is 5.81. The normalized spacial score (nSPS) is 10.7. The molecule has 90 valence electrons. The van der Waals surface area contributed by atoms with Crippen molar-refractivity contribution in [3.8, 4) is 0 Å². The first kappa shape index (κ1) is 10.7. The molecule has 1 aromatic carbocycles. The van der Waals surface area contributed by atoms with Crippen LogP contribution in [0.15, 0.2) is 36.7 Å². The van der Waals surface area contributed by atoms with Gasteiger partial charge in [0.15, 0.2) is 0 Å². The number of nitrogens with one attached hydrogen (secondary N) is 2. The molecule has 0 saturated heterocycles. The van der Waals surface area contributed by atoms with Gasteiger partial charge in [0, 0.05) is 5.39 Å². The molecule has 0 radical (unpaired) electrons. The molecule has 0 fully saturated rings. The van der Waals surface area contributed by atoms with Crippen molar-refractivity contribution in [2.45, 2.75) is 13.5 Å². The molecule has 0 spiro atoms. The van der Waals surface area contributed by atoms with Crippen molar-refractivity contribution in [3.63, 3.8) is 0 Å². The second-order valence-corrected chi connectivity index (χ2v) is 4.13. The van der Waals surface area contributed by atoms with Crippen molar-refractivity contribution < 1.29 is 0 Å². The molecule has 18 heavy (non-hydrogen) atoms. The van der Waals surface area contributed by atoms with Gasteiger partial charge in [-0.15, -0.1) is 0 Å². The smallest absolute Gasteiger partial charge is 0.143 e. The number of pyridine rings is 1. The van der Waals surface area contributed by atoms with E-state index < -0.39 is 0 Å². The molecule has 0 saturated carbocycles. The molecule has 0 aliphatic rings. The SMILES string of the molecule is Cc1cc2ccccc2nc1NCc1ncn[nH]1. The second-order valence-electron chi connectivity index (χ2n) is 4.13. The van der Waals surface area contributed by atoms with Crippen LogP contribution in [0.1, 0.15) is 11.4 Å². The first-order chi connectivity index (χ1) is 8.83. The summed E-state index contributed by atoms with van der Waals surface area (Å²) >= 11 is 0. The molecule has 2 N–H and O–H groups in total. The van der Waals surface area contributed by atoms with E-state index in [1.165, 1.54) is 6.33 Å². The molecule has 2 aromatic heterocycles. The molecule has 3 aromatic rings. The van der Waals surface area contributed by atoms with Gasteiger partial charge >= 0.3 is 0 Å². The highest BCUT2D eigenvalue weighted by atomic mass is 15.2. The van der Waals surface area contributed by atoms with Crippen molar-refractivity contribution in [1.29, 1.82) is 0 Å². The van der Waals surface area contributed by atoms with E-state index in [2.05, 4.69) is 37.6 Å². The Kier molecular flexibility index (Phi) is 2.64. The fourth-order valence-electron chi connectivity index (χ4n) is 1.88. The van der Waals surface area contributed by atoms with Crippen LogP contribution in [0.2, 0.25) is 0 Å². The maximum Gasteiger partial charge on any atom is 0.143 e. The van der Waals surface area contributed by atoms with Gasteiger partial charge in [0.2, 0.25) is 0 Å². The predicted molar refractivity (Wildman–Crippen MR) is 70.2 cm³/mol. The molecular formula is C13H13N5. The fourth-order valence-corrected chi connectivity index (χ4v) is 1.88. The van der Waals surface area contributed by atoms with E-state index in [1.54, 1.807) is 0 Å². The molecule has 0 aliphatic carbocycles. The number of aromatic amines is 1. The van der Waals surface area contributed by atoms with Gasteiger partial charge in [-0.05, 0) is 24.6 Å². The second kappa shape index (κ2) is 4.44. The van der Waals surface area contributed by atoms with Crippen molar-refractivity contribution in [3.05, 3.63) is 48.0 Å². The number of aryl methyl sites for hydroxylation is 1. The number of nitrogens with zero attached hydrogens (tertiary/aromatic N) is 3. The summed E-state index contributed by atoms with van der Waals surface area (Å²) in [4.78, 5) is 8.67. The predicted octanol–water partition coefficient (Wildman–Crippen LogP) is 2.27. The lowest BCUT2D eigenvalue weighted by Crippen LogP contribution is -2.04. The Bertz CT molecular complexity index is 660. The maximum absolute atomic E-state index is 4.60. The highest BCUT2D eigenvalue weighted by Gasteiger charge is 2.03. The highest BCUT2D eigenvalue weighted by Crippen LogP contribution is 2.19. The summed E-state index contributed by atoms with van der Waals surface area (Å²) in [6.07, 6.45) is 1.50. The van der Waals surface area contributed by atoms with Gasteiger partial charge in [-0.25, -0.2) is 9.97 Å². The minimum absolute atomic E-state index is 0.589. The Morgan fingerprint density at radius 2 is 2.17 bits per heavy atom. The number of aromatic nitrogens is 4. The zero-order valence-electron chi connectivity index (χ0n) is 10.0. The zero-order chi connectivity index (χ0) is 12.4. The average molecular weight is 239 g/mol. The molecule has 0 amide bonds. The molecule has 3 rings (SSSR count). The third kappa shape index (κ3) is 2.02. The van der Waals surface area contributed by atoms with Gasteiger partial charge in [0.25, 0.3) is 0 Å². The molecule has 5 nitrogen and oxygen atoms in total. The largest absolute Gasteiger partial charge is 0.363 e. The number of anilines is 1. The standard InChI is InChI=1S/C13H13N5/c1-9-6-10-4-2-3-5-11(10)17-13(9)14-7-12-15-8-16-18-12/h2-6,8H,7H2,1H3,(H,14,17)(H,15,16,18). The summed E-state index contributed by atoms with van der Waals surface area (Å²) in [6, 6.07) is 10.2. The summed E-state index contributed by atoms with van der Waals surface area (Å²) in [7, 11) is 0. The van der Waals surface area contributed by atoms with E-state index in [0.717, 1.165) is 28.1 Å². The zero-order valence-corrected chi connectivity index (χ0v) is 10.0. The summed E-state index contributed by atoms with van der Waals surface area (Å²) in [6.45, 7) is 2.63. The minimum atomic E-state index is 0.589. The van der Waals surface area contributed by atoms with Crippen LogP contribution in [0, 0.1) is 6.92 Å². The van der Waals surface area contributed by atoms with Crippen LogP contribution in [-0.2, 0) is 6.54 Å². The molecule has 0 unspecified atom stereocenters. The van der Waals surface area contributed by atoms with Crippen LogP contribution in [0.3, 0.4) is 0 Å². The molecule has 5 heteroatoms. The van der Waals surface area contributed by atoms with E-state index in [9.17, 15) is 0 Å². The van der Waals surface area contributed by atoms with Gasteiger partial charge in [0.1, 0.15) is 18.0 Å². The Hall–Kier alpha value is -2.43. The number of H-pyrrole nitrogens is 1. The Balaban J connectivity index is 1.89. The van der Waals surface area contributed by atoms with E-state index in [4.69, 9.17) is 0 Å². The number of hydrogen-bond acceptors (Lipinski definition) is 4. The Labute approximate surface area is 104 Å². The van der Waals surface area contributed by atoms with Gasteiger partial charge in [-0.1, -0.05) is 18.2 Å². The number of benzene rings is 1. The molecule has 2 heterocycles. The summed E-state index contributed by atoms with van der Waals surface area (Å²) in [5.41, 5.74) is 2.11. The number of fused-ring (bicyclic) bond motifs is 1. The lowest BCUT2D eigenvalue weighted by Gasteiger charge is -2.08. The summed E-state index contributed by atoms with van der Waals surface area (Å²) in [5.74, 6) is 1.68. The minimum Gasteiger partial charge on any atom is -0.363 e. The van der Waals surface area contributed by atoms with Gasteiger partial charge in [-0.3, -0.25) is 5.10 Å². The van der Waals surface area contributed by atoms with Gasteiger partial charge in [0.05, 0.1) is 12.1 Å². The van der Waals surface area contributed by atoms with Crippen LogP contribution < -0.4 is 5.32 Å². The van der Waals surface area contributed by atoms with Crippen LogP contribution in [0.25, 0.3) is 10.9 Å². The maximum atomic E-state index is 4.60. The van der Waals surface area contributed by atoms with E-state index in [0.29, 0.717) is 6.54 Å². The summed E-state index contributed by atoms with van der Waals surface area (Å²) in [5, 5.41) is 11.0. The third-order valence-corrected chi connectivity index (χ3v) is 2.80. The van der Waals surface area contributed by atoms with Crippen molar-refractivity contribution in [2.75, 3.05) is 5.32 Å². The number of rotatable bonds is 3. The van der Waals surface area contributed by atoms with Gasteiger partial charge in [-0.2, -0.15) is 5.10 Å². The van der Waals surface area contributed by atoms with Crippen molar-refractivity contribution >= 4 is 16.7 Å². The Morgan fingerprint density at radius 1 is 1.28 bits per heavy atom. The van der Waals surface area contributed by atoms with Crippen molar-refractivity contribution in [2.24, 2.45) is 0 Å². The van der Waals surface area contributed by atoms with Crippen molar-refractivity contribution in [1.82, 2.24) is 20.2 Å². The van der Waals surface area contributed by atoms with Crippen LogP contribution in [0.5, 0.6) is 0 Å².